The first kappa shape index (κ1) is 12.2. The molecular formula is C15H14BrN3. The number of aromatic nitrogens is 2. The molecule has 0 aliphatic heterocycles. The molecular weight excluding hydrogens is 302 g/mol. The van der Waals surface area contributed by atoms with Gasteiger partial charge in [-0.3, -0.25) is 0 Å². The summed E-state index contributed by atoms with van der Waals surface area (Å²) < 4.78 is 1.09. The van der Waals surface area contributed by atoms with Crippen LogP contribution in [-0.4, -0.2) is 9.97 Å². The van der Waals surface area contributed by atoms with Gasteiger partial charge in [-0.25, -0.2) is 4.98 Å². The number of rotatable bonds is 3. The highest BCUT2D eigenvalue weighted by Crippen LogP contribution is 2.22. The molecule has 1 atom stereocenters. The van der Waals surface area contributed by atoms with Gasteiger partial charge in [0.1, 0.15) is 0 Å². The summed E-state index contributed by atoms with van der Waals surface area (Å²) in [6.07, 6.45) is 0. The van der Waals surface area contributed by atoms with Crippen molar-refractivity contribution in [3.63, 3.8) is 0 Å². The highest BCUT2D eigenvalue weighted by Gasteiger charge is 2.08. The molecule has 0 saturated heterocycles. The normalized spacial score (nSPS) is 12.5. The fourth-order valence-electron chi connectivity index (χ4n) is 2.09. The van der Waals surface area contributed by atoms with Crippen molar-refractivity contribution in [1.82, 2.24) is 9.97 Å². The second-order valence-corrected chi connectivity index (χ2v) is 5.44. The van der Waals surface area contributed by atoms with E-state index in [9.17, 15) is 0 Å². The lowest BCUT2D eigenvalue weighted by Gasteiger charge is -2.13. The van der Waals surface area contributed by atoms with Gasteiger partial charge in [0.15, 0.2) is 0 Å². The first-order valence-electron chi connectivity index (χ1n) is 6.19. The number of fused-ring (bicyclic) bond motifs is 1. The highest BCUT2D eigenvalue weighted by molar-refractivity contribution is 9.10. The molecule has 96 valence electrons. The van der Waals surface area contributed by atoms with Crippen LogP contribution in [0.4, 0.5) is 5.95 Å². The van der Waals surface area contributed by atoms with E-state index in [1.807, 2.05) is 36.4 Å². The summed E-state index contributed by atoms with van der Waals surface area (Å²) in [5.74, 6) is 0.800. The van der Waals surface area contributed by atoms with Crippen LogP contribution >= 0.6 is 15.9 Å². The predicted molar refractivity (Wildman–Crippen MR) is 82.3 cm³/mol. The van der Waals surface area contributed by atoms with E-state index in [0.29, 0.717) is 0 Å². The minimum absolute atomic E-state index is 0.193. The third-order valence-electron chi connectivity index (χ3n) is 3.09. The molecule has 2 aromatic carbocycles. The zero-order valence-corrected chi connectivity index (χ0v) is 12.1. The quantitative estimate of drug-likeness (QED) is 0.747. The monoisotopic (exact) mass is 315 g/mol. The molecule has 3 nitrogen and oxygen atoms in total. The Bertz CT molecular complexity index is 672. The average molecular weight is 316 g/mol. The zero-order chi connectivity index (χ0) is 13.2. The average Bonchev–Trinajstić information content (AvgIpc) is 2.80. The molecule has 0 amide bonds. The molecule has 3 aromatic rings. The van der Waals surface area contributed by atoms with Crippen LogP contribution in [-0.2, 0) is 0 Å². The Morgan fingerprint density at radius 2 is 2.00 bits per heavy atom. The van der Waals surface area contributed by atoms with Gasteiger partial charge in [0.05, 0.1) is 17.1 Å². The number of aromatic amines is 1. The summed E-state index contributed by atoms with van der Waals surface area (Å²) in [6.45, 7) is 2.12. The predicted octanol–water partition coefficient (Wildman–Crippen LogP) is 4.50. The van der Waals surface area contributed by atoms with Crippen LogP contribution in [0.15, 0.2) is 53.0 Å². The van der Waals surface area contributed by atoms with Crippen LogP contribution in [0.2, 0.25) is 0 Å². The zero-order valence-electron chi connectivity index (χ0n) is 10.5. The molecule has 0 aliphatic rings. The van der Waals surface area contributed by atoms with Crippen molar-refractivity contribution in [3.8, 4) is 0 Å². The van der Waals surface area contributed by atoms with Crippen LogP contribution in [0.25, 0.3) is 11.0 Å². The minimum Gasteiger partial charge on any atom is -0.349 e. The lowest BCUT2D eigenvalue weighted by atomic mass is 10.1. The summed E-state index contributed by atoms with van der Waals surface area (Å²) in [5.41, 5.74) is 3.24. The molecule has 0 bridgehead atoms. The van der Waals surface area contributed by atoms with E-state index >= 15 is 0 Å². The Hall–Kier alpha value is -1.81. The maximum atomic E-state index is 4.52. The van der Waals surface area contributed by atoms with Gasteiger partial charge in [-0.15, -0.1) is 0 Å². The van der Waals surface area contributed by atoms with Crippen molar-refractivity contribution >= 4 is 32.9 Å². The Morgan fingerprint density at radius 1 is 1.16 bits per heavy atom. The molecule has 1 aromatic heterocycles. The molecule has 3 rings (SSSR count). The number of para-hydroxylation sites is 2. The van der Waals surface area contributed by atoms with Crippen LogP contribution in [0.1, 0.15) is 18.5 Å². The van der Waals surface area contributed by atoms with E-state index in [2.05, 4.69) is 50.3 Å². The fraction of sp³-hybridized carbons (Fsp3) is 0.133. The van der Waals surface area contributed by atoms with Crippen molar-refractivity contribution in [2.24, 2.45) is 0 Å². The van der Waals surface area contributed by atoms with Gasteiger partial charge < -0.3 is 10.3 Å². The molecule has 19 heavy (non-hydrogen) atoms. The topological polar surface area (TPSA) is 40.7 Å². The summed E-state index contributed by atoms with van der Waals surface area (Å²) in [5, 5.41) is 3.39. The maximum absolute atomic E-state index is 4.52. The van der Waals surface area contributed by atoms with E-state index in [1.54, 1.807) is 0 Å². The number of imidazole rings is 1. The first-order chi connectivity index (χ1) is 9.22. The van der Waals surface area contributed by atoms with E-state index in [1.165, 1.54) is 5.56 Å². The Morgan fingerprint density at radius 3 is 2.79 bits per heavy atom. The van der Waals surface area contributed by atoms with Crippen molar-refractivity contribution in [2.75, 3.05) is 5.32 Å². The second kappa shape index (κ2) is 5.05. The third-order valence-corrected chi connectivity index (χ3v) is 3.58. The smallest absolute Gasteiger partial charge is 0.201 e. The van der Waals surface area contributed by atoms with Gasteiger partial charge in [0, 0.05) is 4.47 Å². The van der Waals surface area contributed by atoms with Crippen molar-refractivity contribution in [1.29, 1.82) is 0 Å². The lowest BCUT2D eigenvalue weighted by Crippen LogP contribution is -2.07. The van der Waals surface area contributed by atoms with Crippen LogP contribution in [0.5, 0.6) is 0 Å². The number of halogens is 1. The summed E-state index contributed by atoms with van der Waals surface area (Å²) >= 11 is 3.49. The van der Waals surface area contributed by atoms with Gasteiger partial charge in [-0.2, -0.15) is 0 Å². The summed E-state index contributed by atoms with van der Waals surface area (Å²) in [6, 6.07) is 16.5. The third kappa shape index (κ3) is 2.63. The number of nitrogens with zero attached hydrogens (tertiary/aromatic N) is 1. The SMILES string of the molecule is CC(Nc1nc2ccccc2[nH]1)c1cccc(Br)c1. The van der Waals surface area contributed by atoms with Gasteiger partial charge in [-0.05, 0) is 36.8 Å². The van der Waals surface area contributed by atoms with Crippen molar-refractivity contribution in [2.45, 2.75) is 13.0 Å². The molecule has 1 unspecified atom stereocenters. The Balaban J connectivity index is 1.84. The molecule has 0 radical (unpaired) electrons. The van der Waals surface area contributed by atoms with Gasteiger partial charge in [0.25, 0.3) is 0 Å². The van der Waals surface area contributed by atoms with Crippen molar-refractivity contribution in [3.05, 3.63) is 58.6 Å². The number of H-pyrrole nitrogens is 1. The number of nitrogens with one attached hydrogen (secondary N) is 2. The largest absolute Gasteiger partial charge is 0.349 e. The van der Waals surface area contributed by atoms with E-state index < -0.39 is 0 Å². The summed E-state index contributed by atoms with van der Waals surface area (Å²) in [4.78, 5) is 7.80. The van der Waals surface area contributed by atoms with Crippen LogP contribution < -0.4 is 5.32 Å². The van der Waals surface area contributed by atoms with Crippen LogP contribution in [0, 0.1) is 0 Å². The second-order valence-electron chi connectivity index (χ2n) is 4.52. The number of benzene rings is 2. The maximum Gasteiger partial charge on any atom is 0.201 e. The lowest BCUT2D eigenvalue weighted by molar-refractivity contribution is 0.868. The number of hydrogen-bond acceptors (Lipinski definition) is 2. The number of hydrogen-bond donors (Lipinski definition) is 2. The standard InChI is InChI=1S/C15H14BrN3/c1-10(11-5-4-6-12(16)9-11)17-15-18-13-7-2-3-8-14(13)19-15/h2-10H,1H3,(H2,17,18,19). The van der Waals surface area contributed by atoms with E-state index in [0.717, 1.165) is 21.5 Å². The Kier molecular flexibility index (Phi) is 3.25. The van der Waals surface area contributed by atoms with Gasteiger partial charge in [-0.1, -0.05) is 40.2 Å². The Labute approximate surface area is 120 Å². The molecule has 0 spiro atoms. The molecule has 0 aliphatic carbocycles. The molecule has 4 heteroatoms. The molecule has 0 saturated carbocycles. The number of anilines is 1. The van der Waals surface area contributed by atoms with E-state index in [4.69, 9.17) is 0 Å². The fourth-order valence-corrected chi connectivity index (χ4v) is 2.50. The first-order valence-corrected chi connectivity index (χ1v) is 6.98. The molecule has 0 fully saturated rings. The van der Waals surface area contributed by atoms with Crippen molar-refractivity contribution < 1.29 is 0 Å². The van der Waals surface area contributed by atoms with Gasteiger partial charge in [0.2, 0.25) is 5.95 Å². The molecule has 2 N–H and O–H groups in total. The highest BCUT2D eigenvalue weighted by atomic mass is 79.9. The molecule has 1 heterocycles. The van der Waals surface area contributed by atoms with Crippen LogP contribution in [0.3, 0.4) is 0 Å². The van der Waals surface area contributed by atoms with Gasteiger partial charge >= 0.3 is 0 Å². The van der Waals surface area contributed by atoms with E-state index in [-0.39, 0.29) is 6.04 Å². The minimum atomic E-state index is 0.193. The summed E-state index contributed by atoms with van der Waals surface area (Å²) in [7, 11) is 0.